The molecule has 1 aromatic carbocycles. The third-order valence-electron chi connectivity index (χ3n) is 1.23. The van der Waals surface area contributed by atoms with Crippen LogP contribution in [0.25, 0.3) is 0 Å². The van der Waals surface area contributed by atoms with Gasteiger partial charge in [-0.3, -0.25) is 5.92 Å². The molecular weight excluding hydrogens is 250 g/mol. The van der Waals surface area contributed by atoms with Gasteiger partial charge in [-0.2, -0.15) is 0 Å². The van der Waals surface area contributed by atoms with E-state index in [1.54, 1.807) is 31.4 Å². The van der Waals surface area contributed by atoms with Crippen molar-refractivity contribution < 1.29 is 73.4 Å². The summed E-state index contributed by atoms with van der Waals surface area (Å²) in [7, 11) is -4.39. The SMILES string of the molecule is F[B-](F)(F)F.[C-]#Cc1ccc(OC)cc1.[K+]. The molecule has 0 radical (unpaired) electrons. The Morgan fingerprint density at radius 1 is 1.12 bits per heavy atom. The van der Waals surface area contributed by atoms with Crippen LogP contribution in [-0.2, 0) is 0 Å². The van der Waals surface area contributed by atoms with E-state index in [-0.39, 0.29) is 51.4 Å². The van der Waals surface area contributed by atoms with Gasteiger partial charge >= 0.3 is 58.6 Å². The Morgan fingerprint density at radius 3 is 1.75 bits per heavy atom. The fraction of sp³-hybridized carbons (Fsp3) is 0.111. The van der Waals surface area contributed by atoms with Crippen LogP contribution in [0.15, 0.2) is 24.3 Å². The second-order valence-electron chi connectivity index (χ2n) is 2.35. The first kappa shape index (κ1) is 18.4. The van der Waals surface area contributed by atoms with E-state index < -0.39 is 7.25 Å². The number of rotatable bonds is 1. The maximum atomic E-state index is 9.75. The van der Waals surface area contributed by atoms with Crippen molar-refractivity contribution in [2.24, 2.45) is 0 Å². The molecule has 82 valence electrons. The van der Waals surface area contributed by atoms with Crippen LogP contribution < -0.4 is 56.1 Å². The predicted molar refractivity (Wildman–Crippen MR) is 49.4 cm³/mol. The standard InChI is InChI=1S/C9H7O.BF4.K/c1-3-8-4-6-9(10-2)7-5-8;2-1(3,4)5;/h4-7H,2H3;;/q2*-1;+1. The molecule has 0 saturated heterocycles. The van der Waals surface area contributed by atoms with E-state index >= 15 is 0 Å². The smallest absolute Gasteiger partial charge is 0.497 e. The summed E-state index contributed by atoms with van der Waals surface area (Å²) < 4.78 is 43.9. The Kier molecular flexibility index (Phi) is 10.4. The average molecular weight is 257 g/mol. The third kappa shape index (κ3) is 12.1. The van der Waals surface area contributed by atoms with Gasteiger partial charge in [-0.05, 0) is 12.1 Å². The van der Waals surface area contributed by atoms with Crippen molar-refractivity contribution in [3.63, 3.8) is 0 Å². The molecule has 0 amide bonds. The Balaban J connectivity index is 0. The Hall–Kier alpha value is 0.00130. The third-order valence-corrected chi connectivity index (χ3v) is 1.23. The van der Waals surface area contributed by atoms with Crippen LogP contribution in [0.3, 0.4) is 0 Å². The summed E-state index contributed by atoms with van der Waals surface area (Å²) in [6, 6.07) is 7.17. The molecule has 1 rings (SSSR count). The molecule has 0 saturated carbocycles. The first-order valence-electron chi connectivity index (χ1n) is 3.81. The van der Waals surface area contributed by atoms with E-state index in [1.165, 1.54) is 0 Å². The molecule has 0 N–H and O–H groups in total. The van der Waals surface area contributed by atoms with Gasteiger partial charge in [-0.1, -0.05) is 0 Å². The van der Waals surface area contributed by atoms with Gasteiger partial charge in [0.2, 0.25) is 0 Å². The minimum atomic E-state index is -6.00. The van der Waals surface area contributed by atoms with Crippen molar-refractivity contribution in [1.29, 1.82) is 0 Å². The second-order valence-corrected chi connectivity index (χ2v) is 2.35. The molecule has 0 aliphatic carbocycles. The van der Waals surface area contributed by atoms with Crippen molar-refractivity contribution in [1.82, 2.24) is 0 Å². The summed E-state index contributed by atoms with van der Waals surface area (Å²) in [4.78, 5) is 0. The largest absolute Gasteiger partial charge is 1.00 e. The number of hydrogen-bond acceptors (Lipinski definition) is 1. The molecule has 0 aliphatic rings. The first-order valence-corrected chi connectivity index (χ1v) is 3.81. The number of halogens is 4. The van der Waals surface area contributed by atoms with Gasteiger partial charge in [0.15, 0.2) is 0 Å². The van der Waals surface area contributed by atoms with Gasteiger partial charge in [-0.25, -0.2) is 0 Å². The van der Waals surface area contributed by atoms with Crippen molar-refractivity contribution >= 4 is 7.25 Å². The minimum Gasteiger partial charge on any atom is -0.497 e. The van der Waals surface area contributed by atoms with Crippen LogP contribution in [0.2, 0.25) is 0 Å². The topological polar surface area (TPSA) is 9.23 Å². The summed E-state index contributed by atoms with van der Waals surface area (Å²) in [6.45, 7) is 0. The molecule has 16 heavy (non-hydrogen) atoms. The number of benzene rings is 1. The van der Waals surface area contributed by atoms with Gasteiger partial charge in [-0.15, -0.1) is 17.7 Å². The molecule has 0 aliphatic heterocycles. The van der Waals surface area contributed by atoms with E-state index in [2.05, 4.69) is 5.92 Å². The predicted octanol–water partition coefficient (Wildman–Crippen LogP) is -0.0629. The zero-order chi connectivity index (χ0) is 11.9. The van der Waals surface area contributed by atoms with Gasteiger partial charge in [0, 0.05) is 0 Å². The fourth-order valence-corrected chi connectivity index (χ4v) is 0.674. The van der Waals surface area contributed by atoms with Crippen molar-refractivity contribution in [3.8, 4) is 11.7 Å². The number of methoxy groups -OCH3 is 1. The summed E-state index contributed by atoms with van der Waals surface area (Å²) in [5.41, 5.74) is 0.765. The van der Waals surface area contributed by atoms with Crippen LogP contribution in [-0.4, -0.2) is 14.4 Å². The molecular formula is C9H7BF4KO-. The van der Waals surface area contributed by atoms with Crippen LogP contribution in [0.1, 0.15) is 5.56 Å². The van der Waals surface area contributed by atoms with E-state index in [0.29, 0.717) is 0 Å². The van der Waals surface area contributed by atoms with Crippen LogP contribution in [0.4, 0.5) is 17.3 Å². The number of ether oxygens (including phenoxy) is 1. The molecule has 0 spiro atoms. The number of hydrogen-bond donors (Lipinski definition) is 0. The van der Waals surface area contributed by atoms with E-state index in [4.69, 9.17) is 11.2 Å². The van der Waals surface area contributed by atoms with Gasteiger partial charge in [0.1, 0.15) is 5.75 Å². The molecule has 0 fully saturated rings. The van der Waals surface area contributed by atoms with Gasteiger partial charge < -0.3 is 28.4 Å². The monoisotopic (exact) mass is 257 g/mol. The van der Waals surface area contributed by atoms with Crippen molar-refractivity contribution in [2.75, 3.05) is 7.11 Å². The Bertz CT molecular complexity index is 325. The molecule has 0 atom stereocenters. The molecule has 0 aromatic heterocycles. The maximum Gasteiger partial charge on any atom is 1.00 e. The quantitative estimate of drug-likeness (QED) is 0.296. The maximum absolute atomic E-state index is 9.75. The average Bonchev–Trinajstić information content (AvgIpc) is 2.15. The van der Waals surface area contributed by atoms with Crippen molar-refractivity contribution in [2.45, 2.75) is 0 Å². The molecule has 0 unspecified atom stereocenters. The summed E-state index contributed by atoms with van der Waals surface area (Å²) in [5.74, 6) is 3.08. The van der Waals surface area contributed by atoms with E-state index in [1.807, 2.05) is 0 Å². The minimum absolute atomic E-state index is 0. The molecule has 1 aromatic rings. The van der Waals surface area contributed by atoms with Gasteiger partial charge in [0.05, 0.1) is 7.11 Å². The summed E-state index contributed by atoms with van der Waals surface area (Å²) >= 11 is 0. The Morgan fingerprint density at radius 2 is 1.50 bits per heavy atom. The summed E-state index contributed by atoms with van der Waals surface area (Å²) in [5, 5.41) is 0. The van der Waals surface area contributed by atoms with Crippen molar-refractivity contribution in [3.05, 3.63) is 36.3 Å². The molecule has 0 bridgehead atoms. The second kappa shape index (κ2) is 9.08. The normalized spacial score (nSPS) is 9.00. The van der Waals surface area contributed by atoms with E-state index in [9.17, 15) is 17.3 Å². The molecule has 1 nitrogen and oxygen atoms in total. The molecule has 7 heteroatoms. The van der Waals surface area contributed by atoms with Crippen LogP contribution in [0.5, 0.6) is 5.75 Å². The van der Waals surface area contributed by atoms with Crippen LogP contribution >= 0.6 is 0 Å². The van der Waals surface area contributed by atoms with E-state index in [0.717, 1.165) is 11.3 Å². The zero-order valence-electron chi connectivity index (χ0n) is 8.81. The Labute approximate surface area is 134 Å². The molecule has 0 heterocycles. The zero-order valence-corrected chi connectivity index (χ0v) is 11.9. The first-order chi connectivity index (χ1) is 6.86. The van der Waals surface area contributed by atoms with Gasteiger partial charge in [0.25, 0.3) is 0 Å². The van der Waals surface area contributed by atoms with Crippen LogP contribution in [0, 0.1) is 12.3 Å². The fourth-order valence-electron chi connectivity index (χ4n) is 0.674. The summed E-state index contributed by atoms with van der Waals surface area (Å²) in [6.07, 6.45) is 6.78.